The van der Waals surface area contributed by atoms with E-state index in [2.05, 4.69) is 6.58 Å². The lowest BCUT2D eigenvalue weighted by molar-refractivity contribution is 0.602. The Labute approximate surface area is 76.1 Å². The largest absolute Gasteiger partial charge is 0.229 e. The van der Waals surface area contributed by atoms with Crippen molar-refractivity contribution in [2.24, 2.45) is 0 Å². The van der Waals surface area contributed by atoms with Gasteiger partial charge in [-0.15, -0.1) is 6.58 Å². The average molecular weight is 196 g/mol. The quantitative estimate of drug-likeness (QED) is 0.550. The van der Waals surface area contributed by atoms with Gasteiger partial charge < -0.3 is 0 Å². The molecule has 11 heavy (non-hydrogen) atoms. The van der Waals surface area contributed by atoms with Gasteiger partial charge in [-0.1, -0.05) is 6.08 Å². The highest BCUT2D eigenvalue weighted by Crippen LogP contribution is 2.08. The zero-order valence-corrected chi connectivity index (χ0v) is 8.65. The first kappa shape index (κ1) is 13.6. The van der Waals surface area contributed by atoms with Crippen molar-refractivity contribution in [2.75, 3.05) is 11.5 Å². The fourth-order valence-electron chi connectivity index (χ4n) is 0.746. The molecule has 4 heteroatoms. The zero-order chi connectivity index (χ0) is 8.04. The highest BCUT2D eigenvalue weighted by molar-refractivity contribution is 7.91. The van der Waals surface area contributed by atoms with Gasteiger partial charge in [0.15, 0.2) is 0 Å². The molecule has 1 saturated heterocycles. The van der Waals surface area contributed by atoms with Gasteiger partial charge in [0.2, 0.25) is 0 Å². The van der Waals surface area contributed by atoms with Crippen molar-refractivity contribution in [3.05, 3.63) is 12.7 Å². The summed E-state index contributed by atoms with van der Waals surface area (Å²) < 4.78 is 20.9. The van der Waals surface area contributed by atoms with E-state index in [1.165, 1.54) is 0 Å². The molecule has 0 spiro atoms. The summed E-state index contributed by atoms with van der Waals surface area (Å²) in [5.41, 5.74) is 0. The molecular weight excluding hydrogens is 180 g/mol. The molecular formula is C7H16O2S2. The van der Waals surface area contributed by atoms with Crippen molar-refractivity contribution in [3.63, 3.8) is 0 Å². The molecule has 0 aromatic heterocycles. The molecule has 0 amide bonds. The Morgan fingerprint density at radius 3 is 1.64 bits per heavy atom. The first-order valence-electron chi connectivity index (χ1n) is 3.40. The van der Waals surface area contributed by atoms with E-state index >= 15 is 0 Å². The van der Waals surface area contributed by atoms with Gasteiger partial charge in [0, 0.05) is 0 Å². The summed E-state index contributed by atoms with van der Waals surface area (Å²) in [5, 5.41) is 0. The molecule has 1 aliphatic heterocycles. The molecule has 68 valence electrons. The molecule has 0 saturated carbocycles. The van der Waals surface area contributed by atoms with E-state index < -0.39 is 9.84 Å². The maximum absolute atomic E-state index is 10.4. The Balaban J connectivity index is 0. The Bertz CT molecular complexity index is 171. The lowest BCUT2D eigenvalue weighted by Crippen LogP contribution is -1.98. The average Bonchev–Trinajstić information content (AvgIpc) is 2.16. The fourth-order valence-corrected chi connectivity index (χ4v) is 2.24. The van der Waals surface area contributed by atoms with Crippen LogP contribution in [0.5, 0.6) is 0 Å². The topological polar surface area (TPSA) is 34.1 Å². The lowest BCUT2D eigenvalue weighted by atomic mass is 10.4. The summed E-state index contributed by atoms with van der Waals surface area (Å²) >= 11 is 0. The fraction of sp³-hybridized carbons (Fsp3) is 0.714. The summed E-state index contributed by atoms with van der Waals surface area (Å²) in [6, 6.07) is 0. The van der Waals surface area contributed by atoms with Crippen molar-refractivity contribution in [1.29, 1.82) is 0 Å². The van der Waals surface area contributed by atoms with E-state index in [9.17, 15) is 8.42 Å². The molecule has 1 fully saturated rings. The summed E-state index contributed by atoms with van der Waals surface area (Å²) in [4.78, 5) is 0. The third-order valence-corrected chi connectivity index (χ3v) is 2.98. The molecule has 0 aromatic carbocycles. The number of rotatable bonds is 0. The van der Waals surface area contributed by atoms with Crippen molar-refractivity contribution < 1.29 is 8.42 Å². The smallest absolute Gasteiger partial charge is 0.150 e. The summed E-state index contributed by atoms with van der Waals surface area (Å²) in [7, 11) is -2.55. The molecule has 0 atom stereocenters. The second-order valence-electron chi connectivity index (χ2n) is 2.27. The van der Waals surface area contributed by atoms with Crippen LogP contribution in [-0.4, -0.2) is 19.9 Å². The minimum absolute atomic E-state index is 0. The van der Waals surface area contributed by atoms with Crippen LogP contribution in [0.25, 0.3) is 0 Å². The Hall–Kier alpha value is 0.0400. The second kappa shape index (κ2) is 6.73. The van der Waals surface area contributed by atoms with Gasteiger partial charge in [-0.05, 0) is 19.8 Å². The number of hydrogen-bond acceptors (Lipinski definition) is 2. The van der Waals surface area contributed by atoms with Crippen LogP contribution in [0.1, 0.15) is 19.8 Å². The molecule has 0 aromatic rings. The van der Waals surface area contributed by atoms with Gasteiger partial charge in [-0.3, -0.25) is 0 Å². The number of hydrogen-bond donors (Lipinski definition) is 0. The van der Waals surface area contributed by atoms with Gasteiger partial charge in [-0.2, -0.15) is 13.5 Å². The predicted octanol–water partition coefficient (Wildman–Crippen LogP) is 1.50. The van der Waals surface area contributed by atoms with Gasteiger partial charge in [0.25, 0.3) is 0 Å². The molecule has 1 heterocycles. The van der Waals surface area contributed by atoms with Crippen LogP contribution < -0.4 is 0 Å². The van der Waals surface area contributed by atoms with Crippen LogP contribution in [0, 0.1) is 0 Å². The summed E-state index contributed by atoms with van der Waals surface area (Å²) in [6.07, 6.45) is 3.50. The molecule has 0 N–H and O–H groups in total. The van der Waals surface area contributed by atoms with Crippen LogP contribution in [0.4, 0.5) is 0 Å². The molecule has 0 bridgehead atoms. The monoisotopic (exact) mass is 196 g/mol. The third kappa shape index (κ3) is 7.94. The SMILES string of the molecule is C=CC.O=S1(=O)CCCC1.S. The molecule has 0 radical (unpaired) electrons. The molecule has 1 aliphatic rings. The molecule has 2 nitrogen and oxygen atoms in total. The normalized spacial score (nSPS) is 19.0. The van der Waals surface area contributed by atoms with Crippen molar-refractivity contribution in [3.8, 4) is 0 Å². The predicted molar refractivity (Wildman–Crippen MR) is 54.1 cm³/mol. The van der Waals surface area contributed by atoms with Crippen molar-refractivity contribution in [1.82, 2.24) is 0 Å². The summed E-state index contributed by atoms with van der Waals surface area (Å²) in [6.45, 7) is 5.25. The van der Waals surface area contributed by atoms with E-state index in [1.54, 1.807) is 6.08 Å². The first-order valence-corrected chi connectivity index (χ1v) is 5.22. The maximum Gasteiger partial charge on any atom is 0.150 e. The second-order valence-corrected chi connectivity index (χ2v) is 4.57. The zero-order valence-electron chi connectivity index (χ0n) is 6.84. The molecule has 0 unspecified atom stereocenters. The number of sulfone groups is 1. The Morgan fingerprint density at radius 1 is 1.27 bits per heavy atom. The number of allylic oxidation sites excluding steroid dienone is 1. The highest BCUT2D eigenvalue weighted by atomic mass is 32.2. The minimum atomic E-state index is -2.55. The highest BCUT2D eigenvalue weighted by Gasteiger charge is 2.16. The van der Waals surface area contributed by atoms with Crippen LogP contribution >= 0.6 is 13.5 Å². The van der Waals surface area contributed by atoms with Crippen molar-refractivity contribution >= 4 is 23.3 Å². The van der Waals surface area contributed by atoms with Crippen LogP contribution in [0.15, 0.2) is 12.7 Å². The van der Waals surface area contributed by atoms with E-state index in [0.717, 1.165) is 12.8 Å². The van der Waals surface area contributed by atoms with Crippen molar-refractivity contribution in [2.45, 2.75) is 19.8 Å². The molecule has 1 rings (SSSR count). The van der Waals surface area contributed by atoms with E-state index in [1.807, 2.05) is 6.92 Å². The maximum atomic E-state index is 10.4. The lowest BCUT2D eigenvalue weighted by Gasteiger charge is -1.81. The summed E-state index contributed by atoms with van der Waals surface area (Å²) in [5.74, 6) is 0.847. The Morgan fingerprint density at radius 2 is 1.55 bits per heavy atom. The molecule has 0 aliphatic carbocycles. The van der Waals surface area contributed by atoms with Crippen LogP contribution in [0.2, 0.25) is 0 Å². The van der Waals surface area contributed by atoms with Gasteiger partial charge in [-0.25, -0.2) is 8.42 Å². The van der Waals surface area contributed by atoms with Crippen LogP contribution in [-0.2, 0) is 9.84 Å². The van der Waals surface area contributed by atoms with Gasteiger partial charge in [0.05, 0.1) is 11.5 Å². The van der Waals surface area contributed by atoms with E-state index in [-0.39, 0.29) is 13.5 Å². The first-order chi connectivity index (χ1) is 4.62. The minimum Gasteiger partial charge on any atom is -0.229 e. The third-order valence-electron chi connectivity index (χ3n) is 1.16. The van der Waals surface area contributed by atoms with E-state index in [0.29, 0.717) is 11.5 Å². The van der Waals surface area contributed by atoms with E-state index in [4.69, 9.17) is 0 Å². The standard InChI is InChI=1S/C4H8O2S.C3H6.H2S/c5-7(6)3-1-2-4-7;1-3-2;/h1-4H2;3H,1H2,2H3;1H2. The van der Waals surface area contributed by atoms with Gasteiger partial charge in [0.1, 0.15) is 9.84 Å². The van der Waals surface area contributed by atoms with Crippen LogP contribution in [0.3, 0.4) is 0 Å². The van der Waals surface area contributed by atoms with Gasteiger partial charge >= 0.3 is 0 Å². The Kier molecular flexibility index (Phi) is 8.33.